The molecule has 2 rings (SSSR count). The van der Waals surface area contributed by atoms with E-state index in [9.17, 15) is 0 Å². The maximum atomic E-state index is 5.91. The van der Waals surface area contributed by atoms with Crippen LogP contribution in [0, 0.1) is 6.92 Å². The van der Waals surface area contributed by atoms with Crippen molar-refractivity contribution < 1.29 is 9.47 Å². The zero-order chi connectivity index (χ0) is 14.5. The standard InChI is InChI=1S/C15H19N3O2/c1-4-7-13-17-14(16)10(2)15(18-13)20-12-9-6-5-8-11(12)19-3/h5-6,8-9H,4,7H2,1-3H3,(H2,16,17,18). The molecule has 2 N–H and O–H groups in total. The molecule has 0 atom stereocenters. The minimum atomic E-state index is 0.452. The number of rotatable bonds is 5. The van der Waals surface area contributed by atoms with Crippen molar-refractivity contribution in [1.82, 2.24) is 9.97 Å². The number of hydrogen-bond donors (Lipinski definition) is 1. The van der Waals surface area contributed by atoms with Gasteiger partial charge in [-0.1, -0.05) is 19.1 Å². The quantitative estimate of drug-likeness (QED) is 0.906. The molecule has 5 heteroatoms. The molecule has 0 fully saturated rings. The smallest absolute Gasteiger partial charge is 0.227 e. The predicted molar refractivity (Wildman–Crippen MR) is 78.2 cm³/mol. The minimum Gasteiger partial charge on any atom is -0.493 e. The van der Waals surface area contributed by atoms with Crippen LogP contribution in [0.3, 0.4) is 0 Å². The number of benzene rings is 1. The van der Waals surface area contributed by atoms with Crippen LogP contribution in [0.1, 0.15) is 24.7 Å². The molecular formula is C15H19N3O2. The Morgan fingerprint density at radius 3 is 2.50 bits per heavy atom. The number of anilines is 1. The first-order valence-electron chi connectivity index (χ1n) is 6.59. The maximum absolute atomic E-state index is 5.91. The highest BCUT2D eigenvalue weighted by molar-refractivity contribution is 5.48. The number of hydrogen-bond acceptors (Lipinski definition) is 5. The Balaban J connectivity index is 2.37. The number of ether oxygens (including phenoxy) is 2. The first-order chi connectivity index (χ1) is 9.65. The lowest BCUT2D eigenvalue weighted by atomic mass is 10.2. The molecule has 5 nitrogen and oxygen atoms in total. The van der Waals surface area contributed by atoms with Gasteiger partial charge in [-0.05, 0) is 25.5 Å². The average molecular weight is 273 g/mol. The van der Waals surface area contributed by atoms with Crippen LogP contribution in [0.5, 0.6) is 17.4 Å². The molecule has 0 saturated carbocycles. The summed E-state index contributed by atoms with van der Waals surface area (Å²) in [5.41, 5.74) is 6.65. The summed E-state index contributed by atoms with van der Waals surface area (Å²) in [6.07, 6.45) is 1.73. The predicted octanol–water partition coefficient (Wildman–Crippen LogP) is 3.12. The van der Waals surface area contributed by atoms with Gasteiger partial charge in [0, 0.05) is 6.42 Å². The third-order valence-electron chi connectivity index (χ3n) is 2.93. The molecular weight excluding hydrogens is 254 g/mol. The van der Waals surface area contributed by atoms with E-state index < -0.39 is 0 Å². The van der Waals surface area contributed by atoms with Crippen LogP contribution < -0.4 is 15.2 Å². The molecule has 1 aromatic heterocycles. The van der Waals surface area contributed by atoms with Crippen LogP contribution in [0.25, 0.3) is 0 Å². The fourth-order valence-electron chi connectivity index (χ4n) is 1.80. The number of aryl methyl sites for hydroxylation is 1. The van der Waals surface area contributed by atoms with E-state index >= 15 is 0 Å². The number of nitrogens with zero attached hydrogens (tertiary/aromatic N) is 2. The van der Waals surface area contributed by atoms with Gasteiger partial charge in [0.1, 0.15) is 11.6 Å². The van der Waals surface area contributed by atoms with Crippen molar-refractivity contribution >= 4 is 5.82 Å². The summed E-state index contributed by atoms with van der Waals surface area (Å²) in [5, 5.41) is 0. The molecule has 1 heterocycles. The van der Waals surface area contributed by atoms with Crippen LogP contribution in [0.4, 0.5) is 5.82 Å². The third kappa shape index (κ3) is 2.99. The average Bonchev–Trinajstić information content (AvgIpc) is 2.45. The second-order valence-corrected chi connectivity index (χ2v) is 4.46. The number of aromatic nitrogens is 2. The molecule has 0 radical (unpaired) electrons. The summed E-state index contributed by atoms with van der Waals surface area (Å²) in [6.45, 7) is 3.91. The van der Waals surface area contributed by atoms with Gasteiger partial charge in [0.15, 0.2) is 11.5 Å². The summed E-state index contributed by atoms with van der Waals surface area (Å²) < 4.78 is 11.1. The number of para-hydroxylation sites is 2. The molecule has 0 aliphatic rings. The van der Waals surface area contributed by atoms with Crippen LogP contribution in [0.2, 0.25) is 0 Å². The lowest BCUT2D eigenvalue weighted by Crippen LogP contribution is -2.05. The molecule has 1 aromatic carbocycles. The zero-order valence-corrected chi connectivity index (χ0v) is 12.0. The number of nitrogen functional groups attached to an aromatic ring is 1. The Morgan fingerprint density at radius 2 is 1.85 bits per heavy atom. The Morgan fingerprint density at radius 1 is 1.15 bits per heavy atom. The third-order valence-corrected chi connectivity index (χ3v) is 2.93. The summed E-state index contributed by atoms with van der Waals surface area (Å²) in [5.74, 6) is 2.89. The van der Waals surface area contributed by atoms with Crippen molar-refractivity contribution in [3.8, 4) is 17.4 Å². The van der Waals surface area contributed by atoms with Gasteiger partial charge < -0.3 is 15.2 Å². The highest BCUT2D eigenvalue weighted by atomic mass is 16.5. The van der Waals surface area contributed by atoms with Crippen molar-refractivity contribution in [2.24, 2.45) is 0 Å². The van der Waals surface area contributed by atoms with Crippen molar-refractivity contribution in [2.45, 2.75) is 26.7 Å². The van der Waals surface area contributed by atoms with Crippen LogP contribution in [0.15, 0.2) is 24.3 Å². The first kappa shape index (κ1) is 14.1. The van der Waals surface area contributed by atoms with Gasteiger partial charge in [-0.3, -0.25) is 0 Å². The van der Waals surface area contributed by atoms with Gasteiger partial charge >= 0.3 is 0 Å². The zero-order valence-electron chi connectivity index (χ0n) is 12.0. The van der Waals surface area contributed by atoms with E-state index in [0.29, 0.717) is 29.0 Å². The van der Waals surface area contributed by atoms with E-state index in [-0.39, 0.29) is 0 Å². The SMILES string of the molecule is CCCc1nc(N)c(C)c(Oc2ccccc2OC)n1. The van der Waals surface area contributed by atoms with E-state index in [1.165, 1.54) is 0 Å². The molecule has 0 spiro atoms. The minimum absolute atomic E-state index is 0.452. The van der Waals surface area contributed by atoms with Gasteiger partial charge in [-0.25, -0.2) is 4.98 Å². The molecule has 0 saturated heterocycles. The normalized spacial score (nSPS) is 10.3. The largest absolute Gasteiger partial charge is 0.493 e. The summed E-state index contributed by atoms with van der Waals surface area (Å²) in [4.78, 5) is 8.69. The Bertz CT molecular complexity index is 600. The lowest BCUT2D eigenvalue weighted by molar-refractivity contribution is 0.372. The maximum Gasteiger partial charge on any atom is 0.227 e. The van der Waals surface area contributed by atoms with Crippen LogP contribution in [-0.4, -0.2) is 17.1 Å². The van der Waals surface area contributed by atoms with Gasteiger partial charge in [-0.15, -0.1) is 0 Å². The fourth-order valence-corrected chi connectivity index (χ4v) is 1.80. The first-order valence-corrected chi connectivity index (χ1v) is 6.59. The Labute approximate surface area is 118 Å². The fraction of sp³-hybridized carbons (Fsp3) is 0.333. The van der Waals surface area contributed by atoms with Gasteiger partial charge in [0.25, 0.3) is 0 Å². The van der Waals surface area contributed by atoms with E-state index in [1.54, 1.807) is 7.11 Å². The molecule has 0 bridgehead atoms. The second-order valence-electron chi connectivity index (χ2n) is 4.46. The second kappa shape index (κ2) is 6.23. The monoisotopic (exact) mass is 273 g/mol. The molecule has 0 unspecified atom stereocenters. The van der Waals surface area contributed by atoms with Crippen molar-refractivity contribution in [3.05, 3.63) is 35.7 Å². The van der Waals surface area contributed by atoms with E-state index in [4.69, 9.17) is 15.2 Å². The van der Waals surface area contributed by atoms with E-state index in [1.807, 2.05) is 31.2 Å². The van der Waals surface area contributed by atoms with E-state index in [0.717, 1.165) is 18.4 Å². The molecule has 2 aromatic rings. The number of nitrogens with two attached hydrogens (primary N) is 1. The molecule has 0 aliphatic carbocycles. The highest BCUT2D eigenvalue weighted by Gasteiger charge is 2.12. The number of methoxy groups -OCH3 is 1. The van der Waals surface area contributed by atoms with Gasteiger partial charge in [0.2, 0.25) is 5.88 Å². The molecule has 0 aliphatic heterocycles. The molecule has 20 heavy (non-hydrogen) atoms. The highest BCUT2D eigenvalue weighted by Crippen LogP contribution is 2.32. The Hall–Kier alpha value is -2.30. The van der Waals surface area contributed by atoms with Crippen LogP contribution >= 0.6 is 0 Å². The molecule has 106 valence electrons. The van der Waals surface area contributed by atoms with Gasteiger partial charge in [-0.2, -0.15) is 4.98 Å². The topological polar surface area (TPSA) is 70.3 Å². The van der Waals surface area contributed by atoms with E-state index in [2.05, 4.69) is 16.9 Å². The lowest BCUT2D eigenvalue weighted by Gasteiger charge is -2.13. The van der Waals surface area contributed by atoms with Crippen molar-refractivity contribution in [2.75, 3.05) is 12.8 Å². The van der Waals surface area contributed by atoms with Gasteiger partial charge in [0.05, 0.1) is 12.7 Å². The Kier molecular flexibility index (Phi) is 4.40. The van der Waals surface area contributed by atoms with Crippen molar-refractivity contribution in [1.29, 1.82) is 0 Å². The summed E-state index contributed by atoms with van der Waals surface area (Å²) in [7, 11) is 1.60. The summed E-state index contributed by atoms with van der Waals surface area (Å²) >= 11 is 0. The van der Waals surface area contributed by atoms with Crippen molar-refractivity contribution in [3.63, 3.8) is 0 Å². The molecule has 0 amide bonds. The van der Waals surface area contributed by atoms with Crippen LogP contribution in [-0.2, 0) is 6.42 Å². The summed E-state index contributed by atoms with van der Waals surface area (Å²) in [6, 6.07) is 7.43.